The van der Waals surface area contributed by atoms with Gasteiger partial charge < -0.3 is 9.64 Å². The maximum atomic E-state index is 12.4. The van der Waals surface area contributed by atoms with E-state index in [1.165, 1.54) is 18.4 Å². The average molecular weight is 289 g/mol. The SMILES string of the molecule is CCN(CC)C(=O)CC(c1ccc(OC)c(C)c1)C1CC1. The predicted molar refractivity (Wildman–Crippen MR) is 85.7 cm³/mol. The lowest BCUT2D eigenvalue weighted by Crippen LogP contribution is -2.31. The Labute approximate surface area is 128 Å². The van der Waals surface area contributed by atoms with Crippen molar-refractivity contribution in [1.29, 1.82) is 0 Å². The van der Waals surface area contributed by atoms with Crippen LogP contribution in [0.5, 0.6) is 5.75 Å². The van der Waals surface area contributed by atoms with E-state index in [0.717, 1.165) is 24.4 Å². The fraction of sp³-hybridized carbons (Fsp3) is 0.611. The molecule has 1 saturated carbocycles. The normalized spacial score (nSPS) is 15.6. The van der Waals surface area contributed by atoms with Gasteiger partial charge in [0.15, 0.2) is 0 Å². The molecule has 3 nitrogen and oxygen atoms in total. The van der Waals surface area contributed by atoms with E-state index in [0.29, 0.717) is 18.3 Å². The van der Waals surface area contributed by atoms with Gasteiger partial charge in [0.05, 0.1) is 7.11 Å². The van der Waals surface area contributed by atoms with E-state index in [4.69, 9.17) is 4.74 Å². The van der Waals surface area contributed by atoms with E-state index in [9.17, 15) is 4.79 Å². The number of ether oxygens (including phenoxy) is 1. The first kappa shape index (κ1) is 15.9. The lowest BCUT2D eigenvalue weighted by molar-refractivity contribution is -0.131. The van der Waals surface area contributed by atoms with Crippen molar-refractivity contribution in [2.75, 3.05) is 20.2 Å². The van der Waals surface area contributed by atoms with Crippen LogP contribution in [0.1, 0.15) is 50.2 Å². The molecule has 1 aliphatic carbocycles. The molecule has 0 spiro atoms. The lowest BCUT2D eigenvalue weighted by Gasteiger charge is -2.23. The van der Waals surface area contributed by atoms with Gasteiger partial charge in [0.25, 0.3) is 0 Å². The van der Waals surface area contributed by atoms with Crippen LogP contribution in [0.25, 0.3) is 0 Å². The van der Waals surface area contributed by atoms with Gasteiger partial charge in [-0.05, 0) is 62.6 Å². The van der Waals surface area contributed by atoms with Crippen molar-refractivity contribution in [2.45, 2.75) is 46.0 Å². The summed E-state index contributed by atoms with van der Waals surface area (Å²) in [5, 5.41) is 0. The summed E-state index contributed by atoms with van der Waals surface area (Å²) < 4.78 is 5.33. The van der Waals surface area contributed by atoms with Gasteiger partial charge in [0.2, 0.25) is 5.91 Å². The maximum absolute atomic E-state index is 12.4. The van der Waals surface area contributed by atoms with Crippen LogP contribution < -0.4 is 4.74 Å². The summed E-state index contributed by atoms with van der Waals surface area (Å²) in [4.78, 5) is 14.4. The molecule has 1 aromatic carbocycles. The topological polar surface area (TPSA) is 29.5 Å². The first-order chi connectivity index (χ1) is 10.1. The lowest BCUT2D eigenvalue weighted by atomic mass is 9.89. The van der Waals surface area contributed by atoms with Gasteiger partial charge in [-0.3, -0.25) is 4.79 Å². The molecule has 0 aromatic heterocycles. The van der Waals surface area contributed by atoms with Gasteiger partial charge in [-0.15, -0.1) is 0 Å². The summed E-state index contributed by atoms with van der Waals surface area (Å²) in [5.41, 5.74) is 2.44. The molecular weight excluding hydrogens is 262 g/mol. The second-order valence-electron chi connectivity index (χ2n) is 5.94. The molecule has 1 aromatic rings. The Bertz CT molecular complexity index is 490. The number of hydrogen-bond donors (Lipinski definition) is 0. The number of nitrogens with zero attached hydrogens (tertiary/aromatic N) is 1. The molecule has 1 atom stereocenters. The average Bonchev–Trinajstić information content (AvgIpc) is 3.30. The number of methoxy groups -OCH3 is 1. The van der Waals surface area contributed by atoms with Crippen LogP contribution >= 0.6 is 0 Å². The Kier molecular flexibility index (Phi) is 5.27. The van der Waals surface area contributed by atoms with E-state index in [-0.39, 0.29) is 5.91 Å². The minimum absolute atomic E-state index is 0.283. The number of hydrogen-bond acceptors (Lipinski definition) is 2. The van der Waals surface area contributed by atoms with Gasteiger partial charge in [-0.1, -0.05) is 12.1 Å². The first-order valence-electron chi connectivity index (χ1n) is 8.03. The summed E-state index contributed by atoms with van der Waals surface area (Å²) in [6.45, 7) is 7.76. The third-order valence-electron chi connectivity index (χ3n) is 4.55. The molecule has 0 heterocycles. The number of amides is 1. The number of carbonyl (C=O) groups excluding carboxylic acids is 1. The molecular formula is C18H27NO2. The molecule has 1 amide bonds. The van der Waals surface area contributed by atoms with Crippen molar-refractivity contribution < 1.29 is 9.53 Å². The van der Waals surface area contributed by atoms with Crippen molar-refractivity contribution in [3.63, 3.8) is 0 Å². The van der Waals surface area contributed by atoms with Crippen LogP contribution in [-0.4, -0.2) is 31.0 Å². The van der Waals surface area contributed by atoms with E-state index in [2.05, 4.69) is 19.1 Å². The standard InChI is InChI=1S/C18H27NO2/c1-5-19(6-2)18(20)12-16(14-7-8-14)15-9-10-17(21-4)13(3)11-15/h9-11,14,16H,5-8,12H2,1-4H3. The molecule has 21 heavy (non-hydrogen) atoms. The fourth-order valence-electron chi connectivity index (χ4n) is 3.08. The monoisotopic (exact) mass is 289 g/mol. The molecule has 1 aliphatic rings. The molecule has 0 N–H and O–H groups in total. The zero-order chi connectivity index (χ0) is 15.4. The highest BCUT2D eigenvalue weighted by Crippen LogP contribution is 2.45. The van der Waals surface area contributed by atoms with Crippen molar-refractivity contribution in [3.8, 4) is 5.75 Å². The van der Waals surface area contributed by atoms with Crippen LogP contribution in [-0.2, 0) is 4.79 Å². The summed E-state index contributed by atoms with van der Waals surface area (Å²) in [6.07, 6.45) is 3.14. The quantitative estimate of drug-likeness (QED) is 0.765. The molecule has 0 aliphatic heterocycles. The van der Waals surface area contributed by atoms with Crippen LogP contribution in [0.2, 0.25) is 0 Å². The number of carbonyl (C=O) groups is 1. The Morgan fingerprint density at radius 3 is 2.48 bits per heavy atom. The number of aryl methyl sites for hydroxylation is 1. The molecule has 0 saturated heterocycles. The predicted octanol–water partition coefficient (Wildman–Crippen LogP) is 3.76. The molecule has 1 unspecified atom stereocenters. The third kappa shape index (κ3) is 3.78. The summed E-state index contributed by atoms with van der Waals surface area (Å²) in [6, 6.07) is 6.35. The maximum Gasteiger partial charge on any atom is 0.223 e. The molecule has 3 heteroatoms. The minimum atomic E-state index is 0.283. The van der Waals surface area contributed by atoms with Crippen molar-refractivity contribution in [3.05, 3.63) is 29.3 Å². The van der Waals surface area contributed by atoms with E-state index < -0.39 is 0 Å². The molecule has 0 bridgehead atoms. The highest BCUT2D eigenvalue weighted by molar-refractivity contribution is 5.77. The first-order valence-corrected chi connectivity index (χ1v) is 8.03. The number of benzene rings is 1. The molecule has 2 rings (SSSR count). The summed E-state index contributed by atoms with van der Waals surface area (Å²) in [7, 11) is 1.70. The van der Waals surface area contributed by atoms with Gasteiger partial charge in [0.1, 0.15) is 5.75 Å². The Hall–Kier alpha value is -1.51. The summed E-state index contributed by atoms with van der Waals surface area (Å²) in [5.74, 6) is 2.24. The van der Waals surface area contributed by atoms with Gasteiger partial charge in [0, 0.05) is 19.5 Å². The van der Waals surface area contributed by atoms with E-state index in [1.807, 2.05) is 24.8 Å². The summed E-state index contributed by atoms with van der Waals surface area (Å²) >= 11 is 0. The van der Waals surface area contributed by atoms with Crippen LogP contribution in [0.15, 0.2) is 18.2 Å². The van der Waals surface area contributed by atoms with Gasteiger partial charge in [-0.2, -0.15) is 0 Å². The van der Waals surface area contributed by atoms with Gasteiger partial charge in [-0.25, -0.2) is 0 Å². The Morgan fingerprint density at radius 1 is 1.33 bits per heavy atom. The van der Waals surface area contributed by atoms with Crippen LogP contribution in [0, 0.1) is 12.8 Å². The van der Waals surface area contributed by atoms with Crippen molar-refractivity contribution in [1.82, 2.24) is 4.90 Å². The molecule has 0 radical (unpaired) electrons. The second kappa shape index (κ2) is 6.97. The molecule has 116 valence electrons. The fourth-order valence-corrected chi connectivity index (χ4v) is 3.08. The minimum Gasteiger partial charge on any atom is -0.496 e. The van der Waals surface area contributed by atoms with Crippen molar-refractivity contribution >= 4 is 5.91 Å². The smallest absolute Gasteiger partial charge is 0.223 e. The number of rotatable bonds is 7. The van der Waals surface area contributed by atoms with Crippen LogP contribution in [0.4, 0.5) is 0 Å². The Balaban J connectivity index is 2.16. The van der Waals surface area contributed by atoms with Crippen molar-refractivity contribution in [2.24, 2.45) is 5.92 Å². The largest absolute Gasteiger partial charge is 0.496 e. The van der Waals surface area contributed by atoms with Gasteiger partial charge >= 0.3 is 0 Å². The third-order valence-corrected chi connectivity index (χ3v) is 4.55. The van der Waals surface area contributed by atoms with E-state index >= 15 is 0 Å². The second-order valence-corrected chi connectivity index (χ2v) is 5.94. The highest BCUT2D eigenvalue weighted by Gasteiger charge is 2.34. The highest BCUT2D eigenvalue weighted by atomic mass is 16.5. The zero-order valence-electron chi connectivity index (χ0n) is 13.7. The zero-order valence-corrected chi connectivity index (χ0v) is 13.7. The van der Waals surface area contributed by atoms with E-state index in [1.54, 1.807) is 7.11 Å². The Morgan fingerprint density at radius 2 is 2.00 bits per heavy atom. The molecule has 1 fully saturated rings. The van der Waals surface area contributed by atoms with Crippen LogP contribution in [0.3, 0.4) is 0 Å².